The third kappa shape index (κ3) is 4.05. The van der Waals surface area contributed by atoms with Gasteiger partial charge < -0.3 is 4.57 Å². The van der Waals surface area contributed by atoms with Gasteiger partial charge in [0, 0.05) is 33.9 Å². The van der Waals surface area contributed by atoms with Gasteiger partial charge in [0.1, 0.15) is 11.2 Å². The molecule has 0 fully saturated rings. The highest BCUT2D eigenvalue weighted by Gasteiger charge is 2.11. The summed E-state index contributed by atoms with van der Waals surface area (Å²) in [6, 6.07) is 25.1. The van der Waals surface area contributed by atoms with E-state index < -0.39 is 0 Å². The number of thiophene rings is 1. The Morgan fingerprint density at radius 1 is 0.969 bits per heavy atom. The largest absolute Gasteiger partial charge is 0.318 e. The minimum absolute atomic E-state index is 0.721. The summed E-state index contributed by atoms with van der Waals surface area (Å²) >= 11 is 1.70. The first-order valence-electron chi connectivity index (χ1n) is 10.5. The Hall–Kier alpha value is -3.77. The van der Waals surface area contributed by atoms with Crippen LogP contribution in [0.3, 0.4) is 0 Å². The Morgan fingerprint density at radius 2 is 1.72 bits per heavy atom. The monoisotopic (exact) mass is 437 g/mol. The second-order valence-corrected chi connectivity index (χ2v) is 8.80. The van der Waals surface area contributed by atoms with E-state index in [9.17, 15) is 0 Å². The van der Waals surface area contributed by atoms with E-state index in [0.29, 0.717) is 0 Å². The van der Waals surface area contributed by atoms with Crippen LogP contribution in [0.2, 0.25) is 0 Å². The fourth-order valence-corrected chi connectivity index (χ4v) is 4.96. The van der Waals surface area contributed by atoms with E-state index in [1.165, 1.54) is 16.1 Å². The topological polar surface area (TPSA) is 55.1 Å². The van der Waals surface area contributed by atoms with Gasteiger partial charge in [-0.25, -0.2) is 9.97 Å². The van der Waals surface area contributed by atoms with E-state index in [-0.39, 0.29) is 0 Å². The molecule has 5 aromatic rings. The molecular formula is C26H23N5S. The van der Waals surface area contributed by atoms with E-state index in [0.717, 1.165) is 39.4 Å². The van der Waals surface area contributed by atoms with Crippen molar-refractivity contribution in [2.24, 2.45) is 5.10 Å². The van der Waals surface area contributed by atoms with Gasteiger partial charge in [-0.05, 0) is 43.7 Å². The van der Waals surface area contributed by atoms with Crippen molar-refractivity contribution in [3.05, 3.63) is 107 Å². The van der Waals surface area contributed by atoms with Crippen molar-refractivity contribution in [2.45, 2.75) is 20.3 Å². The molecule has 3 heterocycles. The molecule has 0 aliphatic carbocycles. The van der Waals surface area contributed by atoms with E-state index in [4.69, 9.17) is 0 Å². The predicted molar refractivity (Wildman–Crippen MR) is 133 cm³/mol. The van der Waals surface area contributed by atoms with Crippen LogP contribution in [-0.2, 0) is 6.42 Å². The summed E-state index contributed by atoms with van der Waals surface area (Å²) in [6.07, 6.45) is 4.33. The minimum atomic E-state index is 0.721. The number of fused-ring (bicyclic) bond motifs is 1. The molecule has 5 rings (SSSR count). The van der Waals surface area contributed by atoms with Crippen LogP contribution in [0.4, 0.5) is 5.82 Å². The summed E-state index contributed by atoms with van der Waals surface area (Å²) < 4.78 is 2.24. The highest BCUT2D eigenvalue weighted by atomic mass is 32.1. The van der Waals surface area contributed by atoms with Crippen LogP contribution in [-0.4, -0.2) is 20.7 Å². The zero-order valence-electron chi connectivity index (χ0n) is 18.0. The van der Waals surface area contributed by atoms with Crippen LogP contribution in [0, 0.1) is 13.8 Å². The number of rotatable bonds is 6. The Balaban J connectivity index is 1.38. The molecule has 0 aliphatic rings. The summed E-state index contributed by atoms with van der Waals surface area (Å²) in [5.74, 6) is 0.721. The van der Waals surface area contributed by atoms with Gasteiger partial charge in [-0.2, -0.15) is 5.10 Å². The first-order valence-corrected chi connectivity index (χ1v) is 11.3. The molecule has 0 amide bonds. The van der Waals surface area contributed by atoms with Gasteiger partial charge in [-0.1, -0.05) is 48.5 Å². The van der Waals surface area contributed by atoms with Crippen LogP contribution >= 0.6 is 11.3 Å². The lowest BCUT2D eigenvalue weighted by molar-refractivity contribution is 0.965. The Labute approximate surface area is 191 Å². The van der Waals surface area contributed by atoms with Gasteiger partial charge in [0.15, 0.2) is 5.82 Å². The molecule has 3 aromatic heterocycles. The third-order valence-corrected chi connectivity index (χ3v) is 6.50. The smallest absolute Gasteiger partial charge is 0.158 e. The van der Waals surface area contributed by atoms with Crippen molar-refractivity contribution in [3.63, 3.8) is 0 Å². The number of nitrogens with zero attached hydrogens (tertiary/aromatic N) is 4. The number of hydrazone groups is 1. The average Bonchev–Trinajstić information content (AvgIpc) is 3.35. The number of aryl methyl sites for hydroxylation is 1. The SMILES string of the molecule is Cc1cc(/C=N/Nc2ncnc3sc(Cc4ccccc4)cc23)c(C)n1-c1ccccc1. The summed E-state index contributed by atoms with van der Waals surface area (Å²) in [7, 11) is 0. The van der Waals surface area contributed by atoms with Gasteiger partial charge >= 0.3 is 0 Å². The molecule has 0 unspecified atom stereocenters. The molecule has 1 N–H and O–H groups in total. The molecule has 6 heteroatoms. The average molecular weight is 438 g/mol. The number of benzene rings is 2. The second-order valence-electron chi connectivity index (χ2n) is 7.68. The lowest BCUT2D eigenvalue weighted by atomic mass is 10.1. The molecule has 0 bridgehead atoms. The van der Waals surface area contributed by atoms with Crippen LogP contribution < -0.4 is 5.43 Å². The lowest BCUT2D eigenvalue weighted by Gasteiger charge is -2.09. The van der Waals surface area contributed by atoms with Crippen molar-refractivity contribution >= 4 is 33.6 Å². The fourth-order valence-electron chi connectivity index (χ4n) is 3.93. The Kier molecular flexibility index (Phi) is 5.52. The van der Waals surface area contributed by atoms with Gasteiger partial charge in [-0.3, -0.25) is 5.43 Å². The molecule has 32 heavy (non-hydrogen) atoms. The normalized spacial score (nSPS) is 11.4. The minimum Gasteiger partial charge on any atom is -0.318 e. The zero-order chi connectivity index (χ0) is 21.9. The zero-order valence-corrected chi connectivity index (χ0v) is 18.8. The van der Waals surface area contributed by atoms with Crippen molar-refractivity contribution in [3.8, 4) is 5.69 Å². The van der Waals surface area contributed by atoms with Gasteiger partial charge in [0.05, 0.1) is 11.6 Å². The van der Waals surface area contributed by atoms with Crippen molar-refractivity contribution in [1.29, 1.82) is 0 Å². The molecule has 0 atom stereocenters. The van der Waals surface area contributed by atoms with Crippen LogP contribution in [0.15, 0.2) is 84.2 Å². The summed E-state index contributed by atoms with van der Waals surface area (Å²) in [6.45, 7) is 4.22. The molecule has 158 valence electrons. The second kappa shape index (κ2) is 8.77. The number of para-hydroxylation sites is 1. The van der Waals surface area contributed by atoms with Crippen LogP contribution in [0.25, 0.3) is 15.9 Å². The third-order valence-electron chi connectivity index (χ3n) is 5.46. The maximum Gasteiger partial charge on any atom is 0.158 e. The maximum atomic E-state index is 4.49. The lowest BCUT2D eigenvalue weighted by Crippen LogP contribution is -1.99. The number of hydrogen-bond donors (Lipinski definition) is 1. The number of anilines is 1. The first kappa shape index (κ1) is 20.2. The molecule has 0 aliphatic heterocycles. The summed E-state index contributed by atoms with van der Waals surface area (Å²) in [5, 5.41) is 5.49. The van der Waals surface area contributed by atoms with E-state index >= 15 is 0 Å². The molecule has 0 saturated heterocycles. The van der Waals surface area contributed by atoms with E-state index in [2.05, 4.69) is 99.6 Å². The number of nitrogens with one attached hydrogen (secondary N) is 1. The Morgan fingerprint density at radius 3 is 2.50 bits per heavy atom. The number of aromatic nitrogens is 3. The van der Waals surface area contributed by atoms with E-state index in [1.54, 1.807) is 17.7 Å². The molecular weight excluding hydrogens is 414 g/mol. The number of hydrogen-bond acceptors (Lipinski definition) is 5. The Bertz CT molecular complexity index is 1380. The summed E-state index contributed by atoms with van der Waals surface area (Å²) in [5.41, 5.74) is 8.94. The van der Waals surface area contributed by atoms with E-state index in [1.807, 2.05) is 18.3 Å². The summed E-state index contributed by atoms with van der Waals surface area (Å²) in [4.78, 5) is 11.1. The molecule has 5 nitrogen and oxygen atoms in total. The van der Waals surface area contributed by atoms with Gasteiger partial charge in [-0.15, -0.1) is 11.3 Å². The van der Waals surface area contributed by atoms with Crippen LogP contribution in [0.5, 0.6) is 0 Å². The molecule has 0 saturated carbocycles. The van der Waals surface area contributed by atoms with Gasteiger partial charge in [0.25, 0.3) is 0 Å². The highest BCUT2D eigenvalue weighted by molar-refractivity contribution is 7.18. The van der Waals surface area contributed by atoms with Crippen molar-refractivity contribution in [2.75, 3.05) is 5.43 Å². The maximum absolute atomic E-state index is 4.49. The predicted octanol–water partition coefficient (Wildman–Crippen LogP) is 6.14. The molecule has 0 radical (unpaired) electrons. The quantitative estimate of drug-likeness (QED) is 0.257. The molecule has 0 spiro atoms. The van der Waals surface area contributed by atoms with Gasteiger partial charge in [0.2, 0.25) is 0 Å². The highest BCUT2D eigenvalue weighted by Crippen LogP contribution is 2.29. The van der Waals surface area contributed by atoms with Crippen molar-refractivity contribution in [1.82, 2.24) is 14.5 Å². The van der Waals surface area contributed by atoms with Crippen LogP contribution in [0.1, 0.15) is 27.4 Å². The van der Waals surface area contributed by atoms with Crippen molar-refractivity contribution < 1.29 is 0 Å². The standard InChI is InChI=1S/C26H23N5S/c1-18-13-21(19(2)31(18)22-11-7-4-8-12-22)16-29-30-25-24-15-23(32-26(24)28-17-27-25)14-20-9-5-3-6-10-20/h3-13,15-17H,14H2,1-2H3,(H,27,28,30)/b29-16+. The fraction of sp³-hybridized carbons (Fsp3) is 0.115. The first-order chi connectivity index (χ1) is 15.7. The molecule has 2 aromatic carbocycles.